The molecule has 12 nitrogen and oxygen atoms in total. The number of aromatic nitrogens is 5. The molecule has 2 amide bonds. The number of nitrogens with zero attached hydrogens (tertiary/aromatic N) is 5. The molecule has 3 aromatic heterocycles. The molecule has 1 saturated heterocycles. The van der Waals surface area contributed by atoms with Gasteiger partial charge in [0.15, 0.2) is 15.1 Å². The van der Waals surface area contributed by atoms with Crippen molar-refractivity contribution in [3.8, 4) is 17.1 Å². The van der Waals surface area contributed by atoms with E-state index in [9.17, 15) is 23.1 Å². The summed E-state index contributed by atoms with van der Waals surface area (Å²) in [6.07, 6.45) is 3.98. The van der Waals surface area contributed by atoms with Crippen LogP contribution in [0.3, 0.4) is 0 Å². The molecule has 0 spiro atoms. The number of hydrogen-bond acceptors (Lipinski definition) is 13. The van der Waals surface area contributed by atoms with Crippen LogP contribution in [0.1, 0.15) is 22.0 Å². The van der Waals surface area contributed by atoms with Crippen molar-refractivity contribution in [2.45, 2.75) is 16.9 Å². The predicted octanol–water partition coefficient (Wildman–Crippen LogP) is 1.87. The molecule has 2 atom stereocenters. The van der Waals surface area contributed by atoms with Crippen molar-refractivity contribution in [3.05, 3.63) is 47.4 Å². The van der Waals surface area contributed by atoms with Crippen molar-refractivity contribution < 1.29 is 27.5 Å². The molecule has 2 unspecified atom stereocenters. The van der Waals surface area contributed by atoms with Crippen LogP contribution in [0.15, 0.2) is 35.0 Å². The van der Waals surface area contributed by atoms with Crippen molar-refractivity contribution in [2.24, 2.45) is 0 Å². The molecule has 34 heavy (non-hydrogen) atoms. The molecule has 0 saturated carbocycles. The van der Waals surface area contributed by atoms with E-state index < -0.39 is 31.5 Å². The van der Waals surface area contributed by atoms with Gasteiger partial charge < -0.3 is 9.52 Å². The van der Waals surface area contributed by atoms with Gasteiger partial charge in [-0.3, -0.25) is 14.9 Å². The number of nitrogens with one attached hydrogen (secondary N) is 1. The number of carbonyl (C=O) groups is 2. The van der Waals surface area contributed by atoms with Gasteiger partial charge in [-0.15, -0.1) is 21.5 Å². The van der Waals surface area contributed by atoms with Gasteiger partial charge in [0.2, 0.25) is 17.7 Å². The largest absolute Gasteiger partial charge is 0.479 e. The first-order valence-corrected chi connectivity index (χ1v) is 13.3. The maximum absolute atomic E-state index is 12.7. The summed E-state index contributed by atoms with van der Waals surface area (Å²) in [5.41, 5.74) is 2.01. The Kier molecular flexibility index (Phi) is 5.53. The highest BCUT2D eigenvalue weighted by Gasteiger charge is 2.36. The molecule has 1 aliphatic heterocycles. The maximum atomic E-state index is 12.7. The fourth-order valence-electron chi connectivity index (χ4n) is 3.32. The average molecular weight is 519 g/mol. The minimum absolute atomic E-state index is 0.0103. The maximum Gasteiger partial charge on any atom is 0.313 e. The summed E-state index contributed by atoms with van der Waals surface area (Å²) in [6.45, 7) is 0. The molecule has 0 aliphatic carbocycles. The molecule has 1 aliphatic rings. The van der Waals surface area contributed by atoms with E-state index in [0.717, 1.165) is 34.9 Å². The van der Waals surface area contributed by atoms with Gasteiger partial charge in [-0.25, -0.2) is 23.4 Å². The van der Waals surface area contributed by atoms with Gasteiger partial charge in [-0.2, -0.15) is 0 Å². The molecule has 174 valence electrons. The third-order valence-electron chi connectivity index (χ3n) is 4.86. The topological polar surface area (TPSA) is 178 Å². The lowest BCUT2D eigenvalue weighted by Gasteiger charge is -2.07. The zero-order chi connectivity index (χ0) is 24.0. The minimum atomic E-state index is -3.75. The van der Waals surface area contributed by atoms with Crippen LogP contribution < -0.4 is 5.32 Å². The van der Waals surface area contributed by atoms with Crippen molar-refractivity contribution in [3.63, 3.8) is 0 Å². The van der Waals surface area contributed by atoms with E-state index in [1.807, 2.05) is 6.07 Å². The SMILES string of the molecule is CS(=O)(=O)C(c1nnc(CC2SC(=O)NC2=O)o1)c1nc2ccc(-c3cnc(O)nc3)cc2s1. The Morgan fingerprint density at radius 3 is 2.62 bits per heavy atom. The van der Waals surface area contributed by atoms with Crippen LogP contribution in [0, 0.1) is 0 Å². The van der Waals surface area contributed by atoms with Crippen molar-refractivity contribution in [1.82, 2.24) is 30.5 Å². The molecule has 1 fully saturated rings. The second-order valence-corrected chi connectivity index (χ2v) is 11.7. The highest BCUT2D eigenvalue weighted by atomic mass is 32.2. The Bertz CT molecular complexity index is 1530. The first kappa shape index (κ1) is 22.4. The second-order valence-electron chi connectivity index (χ2n) is 7.34. The summed E-state index contributed by atoms with van der Waals surface area (Å²) in [4.78, 5) is 35.2. The van der Waals surface area contributed by atoms with Gasteiger partial charge in [0.1, 0.15) is 10.3 Å². The lowest BCUT2D eigenvalue weighted by molar-refractivity contribution is -0.119. The van der Waals surface area contributed by atoms with Crippen LogP contribution in [-0.4, -0.2) is 61.3 Å². The normalized spacial score (nSPS) is 17.3. The van der Waals surface area contributed by atoms with Gasteiger partial charge in [-0.1, -0.05) is 17.8 Å². The smallest absolute Gasteiger partial charge is 0.313 e. The quantitative estimate of drug-likeness (QED) is 0.379. The molecule has 1 aromatic carbocycles. The second kappa shape index (κ2) is 8.41. The number of fused-ring (bicyclic) bond motifs is 1. The van der Waals surface area contributed by atoms with Crippen molar-refractivity contribution in [2.75, 3.05) is 6.26 Å². The van der Waals surface area contributed by atoms with Gasteiger partial charge in [0.05, 0.1) is 10.2 Å². The first-order valence-electron chi connectivity index (χ1n) is 9.62. The van der Waals surface area contributed by atoms with E-state index in [-0.39, 0.29) is 29.2 Å². The molecule has 5 rings (SSSR count). The lowest BCUT2D eigenvalue weighted by Crippen LogP contribution is -2.25. The molecular weight excluding hydrogens is 504 g/mol. The van der Waals surface area contributed by atoms with Crippen LogP contribution >= 0.6 is 23.1 Å². The average Bonchev–Trinajstić information content (AvgIpc) is 3.46. The number of sulfone groups is 1. The zero-order valence-electron chi connectivity index (χ0n) is 17.2. The highest BCUT2D eigenvalue weighted by molar-refractivity contribution is 8.15. The molecule has 4 aromatic rings. The van der Waals surface area contributed by atoms with Crippen molar-refractivity contribution in [1.29, 1.82) is 0 Å². The van der Waals surface area contributed by atoms with Gasteiger partial charge in [0.25, 0.3) is 5.24 Å². The third kappa shape index (κ3) is 4.36. The van der Waals surface area contributed by atoms with E-state index in [1.54, 1.807) is 12.1 Å². The number of benzene rings is 1. The Balaban J connectivity index is 1.47. The van der Waals surface area contributed by atoms with E-state index in [2.05, 4.69) is 30.5 Å². The fourth-order valence-corrected chi connectivity index (χ4v) is 6.66. The zero-order valence-corrected chi connectivity index (χ0v) is 19.6. The molecule has 4 heterocycles. The number of imide groups is 1. The standard InChI is InChI=1S/C19H14N6O6S3/c1-34(29,30)14(16-25-24-13(31-16)5-12-15(26)23-19(28)33-12)17-22-10-3-2-8(4-11(10)32-17)9-6-20-18(27)21-7-9/h2-4,6-7,12,14H,5H2,1H3,(H,20,21,27)(H,23,26,28). The van der Waals surface area contributed by atoms with Crippen LogP contribution in [0.25, 0.3) is 21.3 Å². The van der Waals surface area contributed by atoms with E-state index >= 15 is 0 Å². The Morgan fingerprint density at radius 1 is 1.18 bits per heavy atom. The number of carbonyl (C=O) groups excluding carboxylic acids is 2. The lowest BCUT2D eigenvalue weighted by atomic mass is 10.1. The molecule has 0 radical (unpaired) electrons. The number of amides is 2. The number of aromatic hydroxyl groups is 1. The van der Waals surface area contributed by atoms with Gasteiger partial charge >= 0.3 is 6.01 Å². The Morgan fingerprint density at radius 2 is 1.94 bits per heavy atom. The Labute approximate surface area is 199 Å². The molecular formula is C19H14N6O6S3. The van der Waals surface area contributed by atoms with Crippen LogP contribution in [0.2, 0.25) is 0 Å². The number of hydrogen-bond donors (Lipinski definition) is 2. The number of thioether (sulfide) groups is 1. The number of thiazole rings is 1. The Hall–Kier alpha value is -3.43. The monoisotopic (exact) mass is 518 g/mol. The highest BCUT2D eigenvalue weighted by Crippen LogP contribution is 2.36. The molecule has 0 bridgehead atoms. The van der Waals surface area contributed by atoms with Crippen LogP contribution in [0.5, 0.6) is 6.01 Å². The summed E-state index contributed by atoms with van der Waals surface area (Å²) in [5.74, 6) is -0.587. The summed E-state index contributed by atoms with van der Waals surface area (Å²) in [7, 11) is -3.75. The van der Waals surface area contributed by atoms with Gasteiger partial charge in [0, 0.05) is 30.6 Å². The van der Waals surface area contributed by atoms with Crippen LogP contribution in [0.4, 0.5) is 4.79 Å². The fraction of sp³-hybridized carbons (Fsp3) is 0.211. The summed E-state index contributed by atoms with van der Waals surface area (Å²) in [6, 6.07) is 5.01. The summed E-state index contributed by atoms with van der Waals surface area (Å²) >= 11 is 1.97. The van der Waals surface area contributed by atoms with E-state index in [0.29, 0.717) is 15.8 Å². The van der Waals surface area contributed by atoms with E-state index in [1.165, 1.54) is 12.4 Å². The molecule has 2 N–H and O–H groups in total. The molecule has 15 heteroatoms. The van der Waals surface area contributed by atoms with Gasteiger partial charge in [-0.05, 0) is 17.7 Å². The summed E-state index contributed by atoms with van der Waals surface area (Å²) < 4.78 is 31.6. The third-order valence-corrected chi connectivity index (χ3v) is 8.36. The van der Waals surface area contributed by atoms with Crippen LogP contribution in [-0.2, 0) is 21.1 Å². The predicted molar refractivity (Wildman–Crippen MR) is 122 cm³/mol. The minimum Gasteiger partial charge on any atom is -0.479 e. The number of rotatable bonds is 6. The van der Waals surface area contributed by atoms with Crippen molar-refractivity contribution >= 4 is 54.3 Å². The first-order chi connectivity index (χ1) is 16.2. The van der Waals surface area contributed by atoms with E-state index in [4.69, 9.17) is 4.42 Å². The summed E-state index contributed by atoms with van der Waals surface area (Å²) in [5, 5.41) is 17.0.